The summed E-state index contributed by atoms with van der Waals surface area (Å²) in [6, 6.07) is 2.72. The predicted molar refractivity (Wildman–Crippen MR) is 88.7 cm³/mol. The number of hydrogen-bond acceptors (Lipinski definition) is 3. The van der Waals surface area contributed by atoms with E-state index in [-0.39, 0.29) is 5.91 Å². The van der Waals surface area contributed by atoms with Gasteiger partial charge in [0, 0.05) is 18.1 Å². The van der Waals surface area contributed by atoms with Crippen LogP contribution in [0.25, 0.3) is 0 Å². The first-order valence-corrected chi connectivity index (χ1v) is 7.97. The molecule has 3 amide bonds. The Morgan fingerprint density at radius 2 is 2.04 bits per heavy atom. The average Bonchev–Trinajstić information content (AvgIpc) is 2.98. The normalized spacial score (nSPS) is 17.0. The van der Waals surface area contributed by atoms with Gasteiger partial charge >= 0.3 is 6.09 Å². The number of hydrogen-bond donors (Lipinski definition) is 3. The number of benzene rings is 1. The largest absolute Gasteiger partial charge is 0.465 e. The summed E-state index contributed by atoms with van der Waals surface area (Å²) < 4.78 is 0.573. The molecule has 1 atom stereocenters. The smallest absolute Gasteiger partial charge is 0.407 e. The number of nitrogens with one attached hydrogen (secondary N) is 2. The van der Waals surface area contributed by atoms with E-state index in [4.69, 9.17) is 5.11 Å². The van der Waals surface area contributed by atoms with E-state index in [0.717, 1.165) is 10.5 Å². The van der Waals surface area contributed by atoms with Gasteiger partial charge in [0.2, 0.25) is 5.91 Å². The summed E-state index contributed by atoms with van der Waals surface area (Å²) in [5, 5.41) is 14.4. The van der Waals surface area contributed by atoms with Crippen molar-refractivity contribution in [2.75, 3.05) is 18.9 Å². The molecule has 0 aliphatic carbocycles. The highest BCUT2D eigenvalue weighted by Crippen LogP contribution is 2.29. The molecule has 8 heteroatoms. The molecule has 3 N–H and O–H groups in total. The number of anilines is 1. The van der Waals surface area contributed by atoms with Gasteiger partial charge in [-0.1, -0.05) is 0 Å². The molecule has 0 spiro atoms. The van der Waals surface area contributed by atoms with Crippen LogP contribution < -0.4 is 10.6 Å². The van der Waals surface area contributed by atoms with Crippen molar-refractivity contribution in [3.8, 4) is 0 Å². The summed E-state index contributed by atoms with van der Waals surface area (Å²) in [5.74, 6) is -0.759. The van der Waals surface area contributed by atoms with Crippen LogP contribution >= 0.6 is 15.9 Å². The lowest BCUT2D eigenvalue weighted by Crippen LogP contribution is -2.42. The van der Waals surface area contributed by atoms with Crippen molar-refractivity contribution in [1.29, 1.82) is 0 Å². The van der Waals surface area contributed by atoms with Crippen LogP contribution in [0, 0.1) is 6.92 Å². The van der Waals surface area contributed by atoms with Crippen molar-refractivity contribution >= 4 is 39.5 Å². The Labute approximate surface area is 142 Å². The zero-order valence-corrected chi connectivity index (χ0v) is 14.4. The first kappa shape index (κ1) is 17.3. The predicted octanol–water partition coefficient (Wildman–Crippen LogP) is 2.20. The van der Waals surface area contributed by atoms with Crippen LogP contribution in [-0.2, 0) is 4.79 Å². The molecule has 23 heavy (non-hydrogen) atoms. The van der Waals surface area contributed by atoms with Gasteiger partial charge in [-0.15, -0.1) is 0 Å². The number of carbonyl (C=O) groups is 3. The van der Waals surface area contributed by atoms with Gasteiger partial charge in [-0.3, -0.25) is 14.5 Å². The van der Waals surface area contributed by atoms with Crippen LogP contribution in [0.1, 0.15) is 28.8 Å². The highest BCUT2D eigenvalue weighted by Gasteiger charge is 2.34. The van der Waals surface area contributed by atoms with Crippen LogP contribution in [0.15, 0.2) is 16.6 Å². The maximum atomic E-state index is 12.5. The number of rotatable bonds is 3. The van der Waals surface area contributed by atoms with Crippen LogP contribution in [0.5, 0.6) is 0 Å². The van der Waals surface area contributed by atoms with Crippen molar-refractivity contribution in [3.63, 3.8) is 0 Å². The average molecular weight is 384 g/mol. The first-order chi connectivity index (χ1) is 10.8. The SMILES string of the molecule is CNC(=O)c1cc(C)cc(Br)c1NC(=O)C1CCCN1C(=O)O. The third kappa shape index (κ3) is 3.64. The van der Waals surface area contributed by atoms with E-state index in [2.05, 4.69) is 26.6 Å². The van der Waals surface area contributed by atoms with Gasteiger partial charge in [0.1, 0.15) is 6.04 Å². The van der Waals surface area contributed by atoms with Crippen molar-refractivity contribution in [2.45, 2.75) is 25.8 Å². The third-order valence-corrected chi connectivity index (χ3v) is 4.38. The second kappa shape index (κ2) is 6.99. The van der Waals surface area contributed by atoms with Gasteiger partial charge in [-0.05, 0) is 53.4 Å². The molecule has 0 bridgehead atoms. The zero-order valence-electron chi connectivity index (χ0n) is 12.9. The quantitative estimate of drug-likeness (QED) is 0.744. The fourth-order valence-corrected chi connectivity index (χ4v) is 3.33. The highest BCUT2D eigenvalue weighted by molar-refractivity contribution is 9.10. The number of amides is 3. The number of halogens is 1. The van der Waals surface area contributed by atoms with E-state index in [1.807, 2.05) is 6.92 Å². The lowest BCUT2D eigenvalue weighted by Gasteiger charge is -2.22. The Morgan fingerprint density at radius 1 is 1.35 bits per heavy atom. The summed E-state index contributed by atoms with van der Waals surface area (Å²) in [4.78, 5) is 36.8. The van der Waals surface area contributed by atoms with Crippen LogP contribution in [0.4, 0.5) is 10.5 Å². The fraction of sp³-hybridized carbons (Fsp3) is 0.400. The number of carbonyl (C=O) groups excluding carboxylic acids is 2. The zero-order chi connectivity index (χ0) is 17.1. The Balaban J connectivity index is 2.30. The van der Waals surface area contributed by atoms with Gasteiger partial charge < -0.3 is 15.7 Å². The van der Waals surface area contributed by atoms with Crippen LogP contribution in [0.2, 0.25) is 0 Å². The third-order valence-electron chi connectivity index (χ3n) is 3.76. The number of likely N-dealkylation sites (tertiary alicyclic amines) is 1. The molecule has 7 nitrogen and oxygen atoms in total. The number of carboxylic acid groups (broad SMARTS) is 1. The van der Waals surface area contributed by atoms with Crippen molar-refractivity contribution in [2.24, 2.45) is 0 Å². The Hall–Kier alpha value is -2.09. The highest BCUT2D eigenvalue weighted by atomic mass is 79.9. The summed E-state index contributed by atoms with van der Waals surface area (Å²) in [7, 11) is 1.51. The molecule has 1 saturated heterocycles. The van der Waals surface area contributed by atoms with Crippen LogP contribution in [-0.4, -0.2) is 47.5 Å². The van der Waals surface area contributed by atoms with Crippen LogP contribution in [0.3, 0.4) is 0 Å². The molecule has 1 fully saturated rings. The Morgan fingerprint density at radius 3 is 2.65 bits per heavy atom. The van der Waals surface area contributed by atoms with E-state index in [0.29, 0.717) is 35.1 Å². The van der Waals surface area contributed by atoms with E-state index >= 15 is 0 Å². The molecule has 2 rings (SSSR count). The monoisotopic (exact) mass is 383 g/mol. The molecule has 124 valence electrons. The number of aryl methyl sites for hydroxylation is 1. The maximum Gasteiger partial charge on any atom is 0.407 e. The summed E-state index contributed by atoms with van der Waals surface area (Å²) in [6.45, 7) is 2.18. The molecule has 1 unspecified atom stereocenters. The molecule has 0 aromatic heterocycles. The molecule has 0 saturated carbocycles. The minimum atomic E-state index is -1.11. The summed E-state index contributed by atoms with van der Waals surface area (Å²) >= 11 is 3.35. The molecule has 1 aromatic rings. The van der Waals surface area contributed by atoms with Crippen molar-refractivity contribution < 1.29 is 19.5 Å². The van der Waals surface area contributed by atoms with Crippen molar-refractivity contribution in [3.05, 3.63) is 27.7 Å². The molecule has 1 aliphatic rings. The standard InChI is InChI=1S/C15H18BrN3O4/c1-8-6-9(13(20)17-2)12(10(16)7-8)18-14(21)11-4-3-5-19(11)15(22)23/h6-7,11H,3-5H2,1-2H3,(H,17,20)(H,18,21)(H,22,23). The lowest BCUT2D eigenvalue weighted by molar-refractivity contribution is -0.119. The van der Waals surface area contributed by atoms with E-state index in [1.54, 1.807) is 12.1 Å². The van der Waals surface area contributed by atoms with Gasteiger partial charge in [0.15, 0.2) is 0 Å². The Kier molecular flexibility index (Phi) is 5.25. The molecule has 1 aliphatic heterocycles. The second-order valence-corrected chi connectivity index (χ2v) is 6.23. The Bertz CT molecular complexity index is 662. The van der Waals surface area contributed by atoms with Gasteiger partial charge in [-0.25, -0.2) is 4.79 Å². The fourth-order valence-electron chi connectivity index (χ4n) is 2.66. The van der Waals surface area contributed by atoms with E-state index in [9.17, 15) is 14.4 Å². The molecule has 1 aromatic carbocycles. The topological polar surface area (TPSA) is 98.7 Å². The van der Waals surface area contributed by atoms with Crippen molar-refractivity contribution in [1.82, 2.24) is 10.2 Å². The minimum absolute atomic E-state index is 0.326. The summed E-state index contributed by atoms with van der Waals surface area (Å²) in [6.07, 6.45) is -0.00395. The van der Waals surface area contributed by atoms with E-state index in [1.165, 1.54) is 7.05 Å². The van der Waals surface area contributed by atoms with Gasteiger partial charge in [-0.2, -0.15) is 0 Å². The van der Waals surface area contributed by atoms with Gasteiger partial charge in [0.25, 0.3) is 5.91 Å². The minimum Gasteiger partial charge on any atom is -0.465 e. The molecular weight excluding hydrogens is 366 g/mol. The van der Waals surface area contributed by atoms with Gasteiger partial charge in [0.05, 0.1) is 11.3 Å². The van der Waals surface area contributed by atoms with E-state index < -0.39 is 18.0 Å². The first-order valence-electron chi connectivity index (χ1n) is 7.17. The lowest BCUT2D eigenvalue weighted by atomic mass is 10.1. The maximum absolute atomic E-state index is 12.5. The number of nitrogens with zero attached hydrogens (tertiary/aromatic N) is 1. The molecular formula is C15H18BrN3O4. The second-order valence-electron chi connectivity index (χ2n) is 5.37. The molecule has 0 radical (unpaired) electrons. The molecule has 1 heterocycles. The summed E-state index contributed by atoms with van der Waals surface area (Å²) in [5.41, 5.74) is 1.53.